The zero-order valence-corrected chi connectivity index (χ0v) is 14.8. The molecule has 2 nitrogen and oxygen atoms in total. The Bertz CT molecular complexity index is 817. The van der Waals surface area contributed by atoms with Crippen LogP contribution in [0, 0.1) is 17.4 Å². The molecule has 0 saturated carbocycles. The van der Waals surface area contributed by atoms with Crippen molar-refractivity contribution < 1.29 is 0 Å². The lowest BCUT2D eigenvalue weighted by molar-refractivity contribution is 0.965. The number of aromatic nitrogens is 1. The second kappa shape index (κ2) is 6.48. The Balaban J connectivity index is 1.96. The summed E-state index contributed by atoms with van der Waals surface area (Å²) < 4.78 is 3.46. The summed E-state index contributed by atoms with van der Waals surface area (Å²) in [4.78, 5) is 4.60. The van der Waals surface area contributed by atoms with Crippen molar-refractivity contribution in [2.45, 2.75) is 13.8 Å². The number of hydrogen-bond acceptors (Lipinski definition) is 1. The molecule has 0 unspecified atom stereocenters. The number of halogens is 1. The van der Waals surface area contributed by atoms with E-state index in [-0.39, 0.29) is 0 Å². The third-order valence-electron chi connectivity index (χ3n) is 3.65. The van der Waals surface area contributed by atoms with Gasteiger partial charge in [-0.25, -0.2) is 0 Å². The SMILES string of the molecule is Cc1cc(C=Nc2cccc(I)c2)c(C)n1-c1ccccc1. The van der Waals surface area contributed by atoms with Gasteiger partial charge in [-0.05, 0) is 72.8 Å². The summed E-state index contributed by atoms with van der Waals surface area (Å²) >= 11 is 2.31. The van der Waals surface area contributed by atoms with Crippen molar-refractivity contribution in [2.75, 3.05) is 0 Å². The van der Waals surface area contributed by atoms with E-state index in [1.54, 1.807) is 0 Å². The van der Waals surface area contributed by atoms with E-state index in [0.29, 0.717) is 0 Å². The molecule has 0 spiro atoms. The van der Waals surface area contributed by atoms with Crippen LogP contribution in [0.25, 0.3) is 5.69 Å². The topological polar surface area (TPSA) is 17.3 Å². The maximum Gasteiger partial charge on any atom is 0.0640 e. The van der Waals surface area contributed by atoms with Crippen LogP contribution in [-0.2, 0) is 0 Å². The summed E-state index contributed by atoms with van der Waals surface area (Å²) in [6.45, 7) is 4.26. The van der Waals surface area contributed by atoms with E-state index in [2.05, 4.69) is 88.5 Å². The molecule has 1 aromatic heterocycles. The molecule has 0 bridgehead atoms. The van der Waals surface area contributed by atoms with E-state index in [1.165, 1.54) is 20.6 Å². The largest absolute Gasteiger partial charge is 0.318 e. The van der Waals surface area contributed by atoms with Crippen molar-refractivity contribution in [1.82, 2.24) is 4.57 Å². The van der Waals surface area contributed by atoms with Crippen LogP contribution in [0.3, 0.4) is 0 Å². The number of rotatable bonds is 3. The van der Waals surface area contributed by atoms with Gasteiger partial charge in [0.15, 0.2) is 0 Å². The van der Waals surface area contributed by atoms with Crippen molar-refractivity contribution in [3.05, 3.63) is 81.2 Å². The minimum Gasteiger partial charge on any atom is -0.318 e. The maximum absolute atomic E-state index is 4.60. The first-order valence-corrected chi connectivity index (χ1v) is 8.27. The molecule has 0 atom stereocenters. The lowest BCUT2D eigenvalue weighted by atomic mass is 10.2. The number of aryl methyl sites for hydroxylation is 1. The Labute approximate surface area is 144 Å². The first kappa shape index (κ1) is 15.0. The van der Waals surface area contributed by atoms with E-state index in [4.69, 9.17) is 0 Å². The minimum atomic E-state index is 0.983. The molecule has 110 valence electrons. The highest BCUT2D eigenvalue weighted by Crippen LogP contribution is 2.21. The van der Waals surface area contributed by atoms with Crippen LogP contribution in [0.4, 0.5) is 5.69 Å². The predicted octanol–water partition coefficient (Wildman–Crippen LogP) is 5.45. The van der Waals surface area contributed by atoms with Crippen molar-refractivity contribution in [2.24, 2.45) is 4.99 Å². The molecule has 1 heterocycles. The standard InChI is InChI=1S/C19H17IN2/c1-14-11-16(13-21-18-8-6-7-17(20)12-18)15(2)22(14)19-9-4-3-5-10-19/h3-13H,1-2H3. The van der Waals surface area contributed by atoms with E-state index in [0.717, 1.165) is 11.3 Å². The highest BCUT2D eigenvalue weighted by molar-refractivity contribution is 14.1. The molecule has 3 heteroatoms. The first-order chi connectivity index (χ1) is 10.6. The minimum absolute atomic E-state index is 0.983. The number of aliphatic imine (C=N–C) groups is 1. The number of hydrogen-bond donors (Lipinski definition) is 0. The zero-order valence-electron chi connectivity index (χ0n) is 12.6. The van der Waals surface area contributed by atoms with Gasteiger partial charge in [0.25, 0.3) is 0 Å². The van der Waals surface area contributed by atoms with Gasteiger partial charge in [0.05, 0.1) is 5.69 Å². The lowest BCUT2D eigenvalue weighted by Gasteiger charge is -2.08. The Morgan fingerprint density at radius 2 is 1.73 bits per heavy atom. The first-order valence-electron chi connectivity index (χ1n) is 7.19. The molecule has 0 aliphatic carbocycles. The summed E-state index contributed by atoms with van der Waals surface area (Å²) in [6, 6.07) is 20.8. The summed E-state index contributed by atoms with van der Waals surface area (Å²) in [7, 11) is 0. The average Bonchev–Trinajstić information content (AvgIpc) is 2.80. The van der Waals surface area contributed by atoms with Crippen LogP contribution >= 0.6 is 22.6 Å². The molecule has 0 radical (unpaired) electrons. The Hall–Kier alpha value is -1.88. The van der Waals surface area contributed by atoms with Crippen LogP contribution in [0.2, 0.25) is 0 Å². The molecule has 0 aliphatic rings. The zero-order chi connectivity index (χ0) is 15.5. The molecule has 0 aliphatic heterocycles. The molecule has 0 fully saturated rings. The third kappa shape index (κ3) is 3.14. The summed E-state index contributed by atoms with van der Waals surface area (Å²) in [5.41, 5.74) is 5.74. The fourth-order valence-electron chi connectivity index (χ4n) is 2.59. The fraction of sp³-hybridized carbons (Fsp3) is 0.105. The summed E-state index contributed by atoms with van der Waals surface area (Å²) in [5.74, 6) is 0. The smallest absolute Gasteiger partial charge is 0.0640 e. The van der Waals surface area contributed by atoms with Crippen LogP contribution in [0.1, 0.15) is 17.0 Å². The van der Waals surface area contributed by atoms with Crippen LogP contribution in [0.15, 0.2) is 65.7 Å². The molecule has 22 heavy (non-hydrogen) atoms. The van der Waals surface area contributed by atoms with Gasteiger partial charge in [0.1, 0.15) is 0 Å². The van der Waals surface area contributed by atoms with Crippen molar-refractivity contribution in [3.63, 3.8) is 0 Å². The molecule has 0 saturated heterocycles. The molecule has 3 aromatic rings. The summed E-state index contributed by atoms with van der Waals surface area (Å²) in [6.07, 6.45) is 1.95. The molecular weight excluding hydrogens is 383 g/mol. The Kier molecular flexibility index (Phi) is 4.43. The maximum atomic E-state index is 4.60. The van der Waals surface area contributed by atoms with Gasteiger partial charge in [-0.1, -0.05) is 24.3 Å². The number of benzene rings is 2. The second-order valence-corrected chi connectivity index (χ2v) is 6.48. The molecule has 0 amide bonds. The van der Waals surface area contributed by atoms with Gasteiger partial charge in [-0.2, -0.15) is 0 Å². The van der Waals surface area contributed by atoms with Gasteiger partial charge in [0.2, 0.25) is 0 Å². The van der Waals surface area contributed by atoms with Crippen molar-refractivity contribution >= 4 is 34.5 Å². The van der Waals surface area contributed by atoms with Crippen molar-refractivity contribution in [3.8, 4) is 5.69 Å². The quantitative estimate of drug-likeness (QED) is 0.411. The highest BCUT2D eigenvalue weighted by atomic mass is 127. The van der Waals surface area contributed by atoms with E-state index in [9.17, 15) is 0 Å². The van der Waals surface area contributed by atoms with Crippen LogP contribution in [-0.4, -0.2) is 10.8 Å². The Morgan fingerprint density at radius 1 is 0.955 bits per heavy atom. The summed E-state index contributed by atoms with van der Waals surface area (Å²) in [5, 5.41) is 0. The second-order valence-electron chi connectivity index (χ2n) is 5.24. The monoisotopic (exact) mass is 400 g/mol. The molecular formula is C19H17IN2. The van der Waals surface area contributed by atoms with Gasteiger partial charge in [-0.3, -0.25) is 4.99 Å². The van der Waals surface area contributed by atoms with Gasteiger partial charge < -0.3 is 4.57 Å². The fourth-order valence-corrected chi connectivity index (χ4v) is 3.12. The van der Waals surface area contributed by atoms with E-state index < -0.39 is 0 Å². The van der Waals surface area contributed by atoms with Gasteiger partial charge in [0, 0.05) is 32.4 Å². The number of nitrogens with zero attached hydrogens (tertiary/aromatic N) is 2. The van der Waals surface area contributed by atoms with E-state index in [1.807, 2.05) is 24.4 Å². The predicted molar refractivity (Wildman–Crippen MR) is 102 cm³/mol. The third-order valence-corrected chi connectivity index (χ3v) is 4.32. The average molecular weight is 400 g/mol. The number of para-hydroxylation sites is 1. The lowest BCUT2D eigenvalue weighted by Crippen LogP contribution is -1.98. The van der Waals surface area contributed by atoms with Crippen LogP contribution < -0.4 is 0 Å². The van der Waals surface area contributed by atoms with Gasteiger partial charge in [-0.15, -0.1) is 0 Å². The van der Waals surface area contributed by atoms with Crippen LogP contribution in [0.5, 0.6) is 0 Å². The normalized spacial score (nSPS) is 11.2. The molecule has 0 N–H and O–H groups in total. The van der Waals surface area contributed by atoms with E-state index >= 15 is 0 Å². The molecule has 3 rings (SSSR count). The Morgan fingerprint density at radius 3 is 2.45 bits per heavy atom. The molecule has 2 aromatic carbocycles. The highest BCUT2D eigenvalue weighted by Gasteiger charge is 2.08. The van der Waals surface area contributed by atoms with Gasteiger partial charge >= 0.3 is 0 Å². The van der Waals surface area contributed by atoms with Crippen molar-refractivity contribution in [1.29, 1.82) is 0 Å².